The summed E-state index contributed by atoms with van der Waals surface area (Å²) in [4.78, 5) is 68.7. The Kier molecular flexibility index (Phi) is 20.3. The second kappa shape index (κ2) is 26.5. The third kappa shape index (κ3) is 15.9. The maximum atomic E-state index is 13.3. The predicted octanol–water partition coefficient (Wildman–Crippen LogP) is 0.509. The van der Waals surface area contributed by atoms with E-state index in [-0.39, 0.29) is 56.3 Å². The summed E-state index contributed by atoms with van der Waals surface area (Å²) < 4.78 is 15.5. The molecule has 0 amide bonds. The number of oxime groups is 2. The average Bonchev–Trinajstić information content (AvgIpc) is 3.32. The molecule has 6 rings (SSSR count). The lowest BCUT2D eigenvalue weighted by molar-refractivity contribution is 0.151. The Morgan fingerprint density at radius 3 is 1.42 bits per heavy atom. The van der Waals surface area contributed by atoms with E-state index in [0.717, 1.165) is 32.6 Å². The summed E-state index contributed by atoms with van der Waals surface area (Å²) in [6.07, 6.45) is 1.80. The highest BCUT2D eigenvalue weighted by atomic mass is 32.2. The topological polar surface area (TPSA) is 318 Å². The summed E-state index contributed by atoms with van der Waals surface area (Å²) in [6, 6.07) is 33.4. The van der Waals surface area contributed by atoms with Crippen LogP contribution in [0, 0.1) is 0 Å². The largest absolute Gasteiger partial charge is 0.497 e. The highest BCUT2D eigenvalue weighted by Gasteiger charge is 2.16. The molecule has 6 aromatic rings. The first-order chi connectivity index (χ1) is 31.9. The van der Waals surface area contributed by atoms with Crippen molar-refractivity contribution in [2.24, 2.45) is 39.0 Å². The van der Waals surface area contributed by atoms with Crippen molar-refractivity contribution >= 4 is 29.6 Å². The van der Waals surface area contributed by atoms with Gasteiger partial charge < -0.3 is 53.1 Å². The van der Waals surface area contributed by atoms with Crippen molar-refractivity contribution in [3.8, 4) is 11.5 Å². The molecule has 0 spiro atoms. The molecule has 4 aromatic carbocycles. The number of methoxy groups -OCH3 is 2. The van der Waals surface area contributed by atoms with Gasteiger partial charge in [-0.15, -0.1) is 0 Å². The zero-order valence-corrected chi connectivity index (χ0v) is 37.5. The number of aromatic nitrogens is 6. The summed E-state index contributed by atoms with van der Waals surface area (Å²) in [5.41, 5.74) is 26.7. The van der Waals surface area contributed by atoms with Crippen molar-refractivity contribution < 1.29 is 19.1 Å². The van der Waals surface area contributed by atoms with Crippen molar-refractivity contribution in [3.05, 3.63) is 173 Å². The lowest BCUT2D eigenvalue weighted by Gasteiger charge is -2.15. The van der Waals surface area contributed by atoms with E-state index in [4.69, 9.17) is 43.0 Å². The van der Waals surface area contributed by atoms with Gasteiger partial charge in [-0.2, -0.15) is 9.97 Å². The Balaban J connectivity index is 0.000000251. The molecule has 0 aliphatic rings. The van der Waals surface area contributed by atoms with E-state index in [9.17, 15) is 19.2 Å². The first-order valence-electron chi connectivity index (χ1n) is 20.0. The number of anilines is 1. The van der Waals surface area contributed by atoms with Crippen molar-refractivity contribution in [2.75, 3.05) is 52.1 Å². The van der Waals surface area contributed by atoms with E-state index in [1.54, 1.807) is 32.6 Å². The molecule has 0 bridgehead atoms. The van der Waals surface area contributed by atoms with Gasteiger partial charge in [0.15, 0.2) is 5.16 Å². The SMILES string of the molecule is COc1ccc(Cn2c(NCCON=C(N)N)nc(=O)n(Cc3ccccc3)c2=O)cc1.COc1ccc(Cn2c(SC)nc(=O)n(Cc3ccccc3)c2=O)cc1.NCCON=C(N)N. The maximum absolute atomic E-state index is 13.3. The molecular formula is C43H54N14O8S. The minimum absolute atomic E-state index is 0.0848. The minimum Gasteiger partial charge on any atom is -0.497 e. The number of benzene rings is 4. The van der Waals surface area contributed by atoms with Crippen molar-refractivity contribution in [1.29, 1.82) is 0 Å². The first-order valence-corrected chi connectivity index (χ1v) is 21.3. The smallest absolute Gasteiger partial charge is 0.355 e. The summed E-state index contributed by atoms with van der Waals surface area (Å²) in [5, 5.41) is 9.97. The van der Waals surface area contributed by atoms with Gasteiger partial charge in [-0.1, -0.05) is 96.7 Å². The second-order valence-electron chi connectivity index (χ2n) is 13.6. The van der Waals surface area contributed by atoms with Crippen LogP contribution in [-0.2, 0) is 35.9 Å². The molecule has 2 aromatic heterocycles. The van der Waals surface area contributed by atoms with Crippen LogP contribution in [0.3, 0.4) is 0 Å². The number of hydrogen-bond acceptors (Lipinski definition) is 15. The Bertz CT molecular complexity index is 2720. The van der Waals surface area contributed by atoms with Gasteiger partial charge in [-0.25, -0.2) is 28.3 Å². The average molecular weight is 927 g/mol. The highest BCUT2D eigenvalue weighted by molar-refractivity contribution is 7.98. The molecule has 23 heteroatoms. The van der Waals surface area contributed by atoms with Crippen LogP contribution in [-0.4, -0.2) is 86.9 Å². The van der Waals surface area contributed by atoms with Crippen molar-refractivity contribution in [2.45, 2.75) is 31.3 Å². The second-order valence-corrected chi connectivity index (χ2v) is 14.4. The van der Waals surface area contributed by atoms with Crippen LogP contribution in [0.4, 0.5) is 5.95 Å². The fraction of sp³-hybridized carbons (Fsp3) is 0.256. The van der Waals surface area contributed by atoms with Gasteiger partial charge in [0.05, 0.1) is 46.9 Å². The number of nitrogens with one attached hydrogen (secondary N) is 1. The lowest BCUT2D eigenvalue weighted by Crippen LogP contribution is -2.43. The van der Waals surface area contributed by atoms with Crippen molar-refractivity contribution in [3.63, 3.8) is 0 Å². The monoisotopic (exact) mass is 926 g/mol. The van der Waals surface area contributed by atoms with Crippen LogP contribution in [0.15, 0.2) is 144 Å². The Morgan fingerprint density at radius 2 is 0.985 bits per heavy atom. The molecule has 0 saturated heterocycles. The Labute approximate surface area is 383 Å². The number of thioether (sulfide) groups is 1. The standard InChI is InChI=1S/C21H25N7O4.C19H19N3O3S.C3H10N4O/c1-31-17-9-7-16(8-10-17)13-27-19(24-11-12-32-26-18(22)23)25-20(29)28(21(27)30)14-15-5-3-2-4-6-15;1-25-16-10-8-15(9-11-16)13-22-18(26-2)20-17(23)21(19(22)24)12-14-6-4-3-5-7-14;4-1-2-8-7-3(5)6/h2-10H,11-14H2,1H3,(H4,22,23,26)(H,24,25,29);3-11H,12-13H2,1-2H3;1-2,4H2,(H4,5,6,7). The molecule has 350 valence electrons. The fourth-order valence-electron chi connectivity index (χ4n) is 5.74. The van der Waals surface area contributed by atoms with Crippen LogP contribution < -0.4 is 66.2 Å². The van der Waals surface area contributed by atoms with Gasteiger partial charge in [0.1, 0.15) is 24.7 Å². The van der Waals surface area contributed by atoms with Gasteiger partial charge in [0.25, 0.3) is 0 Å². The summed E-state index contributed by atoms with van der Waals surface area (Å²) in [7, 11) is 3.18. The normalized spacial score (nSPS) is 10.2. The molecule has 0 aliphatic heterocycles. The van der Waals surface area contributed by atoms with E-state index in [2.05, 4.69) is 30.4 Å². The molecule has 11 N–H and O–H groups in total. The maximum Gasteiger partial charge on any atom is 0.355 e. The number of hydrogen-bond donors (Lipinski definition) is 6. The van der Waals surface area contributed by atoms with Crippen molar-refractivity contribution in [1.82, 2.24) is 28.2 Å². The quantitative estimate of drug-likeness (QED) is 0.0212. The van der Waals surface area contributed by atoms with Gasteiger partial charge in [-0.3, -0.25) is 9.13 Å². The lowest BCUT2D eigenvalue weighted by atomic mass is 10.2. The number of nitrogens with zero attached hydrogens (tertiary/aromatic N) is 8. The molecule has 0 atom stereocenters. The van der Waals surface area contributed by atoms with Crippen LogP contribution >= 0.6 is 11.8 Å². The molecule has 0 radical (unpaired) electrons. The summed E-state index contributed by atoms with van der Waals surface area (Å²) in [5.74, 6) is 1.27. The molecule has 0 unspecified atom stereocenters. The van der Waals surface area contributed by atoms with Gasteiger partial charge in [0, 0.05) is 6.54 Å². The van der Waals surface area contributed by atoms with Gasteiger partial charge in [-0.05, 0) is 63.1 Å². The zero-order valence-electron chi connectivity index (χ0n) is 36.7. The number of guanidine groups is 2. The summed E-state index contributed by atoms with van der Waals surface area (Å²) in [6.45, 7) is 1.92. The zero-order chi connectivity index (χ0) is 47.8. The van der Waals surface area contributed by atoms with Crippen LogP contribution in [0.2, 0.25) is 0 Å². The Hall–Kier alpha value is -8.05. The third-order valence-electron chi connectivity index (χ3n) is 8.84. The van der Waals surface area contributed by atoms with E-state index in [0.29, 0.717) is 30.6 Å². The Morgan fingerprint density at radius 1 is 0.576 bits per heavy atom. The number of ether oxygens (including phenoxy) is 2. The van der Waals surface area contributed by atoms with Crippen LogP contribution in [0.1, 0.15) is 22.3 Å². The van der Waals surface area contributed by atoms with E-state index >= 15 is 0 Å². The van der Waals surface area contributed by atoms with E-state index in [1.165, 1.54) is 25.5 Å². The van der Waals surface area contributed by atoms with Gasteiger partial charge in [0.2, 0.25) is 17.9 Å². The molecule has 66 heavy (non-hydrogen) atoms. The number of rotatable bonds is 19. The van der Waals surface area contributed by atoms with Crippen LogP contribution in [0.5, 0.6) is 11.5 Å². The fourth-order valence-corrected chi connectivity index (χ4v) is 6.27. The minimum atomic E-state index is -0.655. The summed E-state index contributed by atoms with van der Waals surface area (Å²) >= 11 is 1.28. The molecule has 2 heterocycles. The van der Waals surface area contributed by atoms with Gasteiger partial charge >= 0.3 is 22.8 Å². The predicted molar refractivity (Wildman–Crippen MR) is 254 cm³/mol. The third-order valence-corrected chi connectivity index (χ3v) is 9.52. The molecule has 0 saturated carbocycles. The van der Waals surface area contributed by atoms with Crippen LogP contribution in [0.25, 0.3) is 0 Å². The van der Waals surface area contributed by atoms with E-state index < -0.39 is 17.1 Å². The molecular weight excluding hydrogens is 873 g/mol. The molecule has 22 nitrogen and oxygen atoms in total. The van der Waals surface area contributed by atoms with E-state index in [1.807, 2.05) is 97.1 Å². The highest BCUT2D eigenvalue weighted by Crippen LogP contribution is 2.15. The molecule has 0 fully saturated rings. The number of nitrogens with two attached hydrogens (primary N) is 5. The first kappa shape index (κ1) is 50.6. The molecule has 0 aliphatic carbocycles.